The van der Waals surface area contributed by atoms with Crippen molar-refractivity contribution in [2.75, 3.05) is 45.7 Å². The molecule has 1 heterocycles. The lowest BCUT2D eigenvalue weighted by atomic mass is 10.1. The van der Waals surface area contributed by atoms with Gasteiger partial charge in [-0.2, -0.15) is 0 Å². The Morgan fingerprint density at radius 3 is 2.84 bits per heavy atom. The number of nitrogens with one attached hydrogen (secondary N) is 2. The van der Waals surface area contributed by atoms with Gasteiger partial charge in [0.2, 0.25) is 0 Å². The maximum absolute atomic E-state index is 5.35. The third kappa shape index (κ3) is 3.39. The number of nitrogens with zero attached hydrogens (tertiary/aromatic N) is 1. The number of ether oxygens (including phenoxy) is 1. The molecule has 2 N–H and O–H groups in total. The minimum atomic E-state index is 0.551. The van der Waals surface area contributed by atoms with Gasteiger partial charge >= 0.3 is 0 Å². The van der Waals surface area contributed by atoms with E-state index in [0.29, 0.717) is 6.04 Å². The summed E-state index contributed by atoms with van der Waals surface area (Å²) < 4.78 is 5.35. The van der Waals surface area contributed by atoms with Crippen molar-refractivity contribution in [2.24, 2.45) is 0 Å². The number of likely N-dealkylation sites (N-methyl/N-ethyl adjacent to an activating group) is 1. The van der Waals surface area contributed by atoms with Crippen LogP contribution in [-0.4, -0.2) is 51.3 Å². The van der Waals surface area contributed by atoms with Crippen molar-refractivity contribution in [3.05, 3.63) is 23.3 Å². The monoisotopic (exact) mass is 263 g/mol. The number of hydrogen-bond donors (Lipinski definition) is 2. The van der Waals surface area contributed by atoms with Crippen LogP contribution in [0, 0.1) is 13.8 Å². The SMILES string of the molecule is COc1cc(C)c(NCC2CNCCN2C)cc1C. The molecule has 0 radical (unpaired) electrons. The van der Waals surface area contributed by atoms with Gasteiger partial charge in [-0.1, -0.05) is 0 Å². The summed E-state index contributed by atoms with van der Waals surface area (Å²) in [5, 5.41) is 7.01. The molecule has 0 amide bonds. The van der Waals surface area contributed by atoms with Crippen molar-refractivity contribution in [3.63, 3.8) is 0 Å². The maximum atomic E-state index is 5.35. The number of aryl methyl sites for hydroxylation is 2. The van der Waals surface area contributed by atoms with E-state index in [0.717, 1.165) is 31.9 Å². The molecule has 1 fully saturated rings. The largest absolute Gasteiger partial charge is 0.496 e. The summed E-state index contributed by atoms with van der Waals surface area (Å²) in [6.07, 6.45) is 0. The molecule has 0 bridgehead atoms. The zero-order valence-electron chi connectivity index (χ0n) is 12.4. The second-order valence-corrected chi connectivity index (χ2v) is 5.36. The summed E-state index contributed by atoms with van der Waals surface area (Å²) in [7, 11) is 3.91. The zero-order chi connectivity index (χ0) is 13.8. The van der Waals surface area contributed by atoms with Crippen molar-refractivity contribution in [1.29, 1.82) is 0 Å². The van der Waals surface area contributed by atoms with Gasteiger partial charge in [-0.05, 0) is 44.2 Å². The van der Waals surface area contributed by atoms with Crippen molar-refractivity contribution in [3.8, 4) is 5.75 Å². The van der Waals surface area contributed by atoms with Gasteiger partial charge in [-0.25, -0.2) is 0 Å². The first kappa shape index (κ1) is 14.2. The van der Waals surface area contributed by atoms with Gasteiger partial charge in [0.15, 0.2) is 0 Å². The Balaban J connectivity index is 2.01. The van der Waals surface area contributed by atoms with Crippen LogP contribution in [0.4, 0.5) is 5.69 Å². The van der Waals surface area contributed by atoms with Gasteiger partial charge in [-0.3, -0.25) is 4.90 Å². The van der Waals surface area contributed by atoms with Crippen LogP contribution < -0.4 is 15.4 Å². The van der Waals surface area contributed by atoms with E-state index in [2.05, 4.69) is 48.6 Å². The second kappa shape index (κ2) is 6.26. The van der Waals surface area contributed by atoms with E-state index in [9.17, 15) is 0 Å². The summed E-state index contributed by atoms with van der Waals surface area (Å²) in [5.41, 5.74) is 3.61. The summed E-state index contributed by atoms with van der Waals surface area (Å²) >= 11 is 0. The van der Waals surface area contributed by atoms with E-state index in [4.69, 9.17) is 4.74 Å². The molecule has 1 aliphatic rings. The Hall–Kier alpha value is -1.26. The normalized spacial score (nSPS) is 20.3. The summed E-state index contributed by atoms with van der Waals surface area (Å²) in [6, 6.07) is 4.82. The Morgan fingerprint density at radius 2 is 2.16 bits per heavy atom. The van der Waals surface area contributed by atoms with Crippen molar-refractivity contribution >= 4 is 5.69 Å². The highest BCUT2D eigenvalue weighted by Gasteiger charge is 2.18. The lowest BCUT2D eigenvalue weighted by Crippen LogP contribution is -2.52. The lowest BCUT2D eigenvalue weighted by molar-refractivity contribution is 0.209. The molecule has 1 saturated heterocycles. The fraction of sp³-hybridized carbons (Fsp3) is 0.600. The molecular formula is C15H25N3O. The van der Waals surface area contributed by atoms with Crippen LogP contribution in [0.3, 0.4) is 0 Å². The van der Waals surface area contributed by atoms with E-state index in [-0.39, 0.29) is 0 Å². The molecule has 0 spiro atoms. The fourth-order valence-electron chi connectivity index (χ4n) is 2.52. The molecule has 19 heavy (non-hydrogen) atoms. The summed E-state index contributed by atoms with van der Waals surface area (Å²) in [4.78, 5) is 2.41. The third-order valence-corrected chi connectivity index (χ3v) is 3.91. The maximum Gasteiger partial charge on any atom is 0.122 e. The quantitative estimate of drug-likeness (QED) is 0.865. The van der Waals surface area contributed by atoms with Gasteiger partial charge < -0.3 is 15.4 Å². The molecule has 0 saturated carbocycles. The first-order valence-electron chi connectivity index (χ1n) is 6.92. The van der Waals surface area contributed by atoms with Crippen LogP contribution in [0.1, 0.15) is 11.1 Å². The Kier molecular flexibility index (Phi) is 4.66. The van der Waals surface area contributed by atoms with Crippen LogP contribution in [0.25, 0.3) is 0 Å². The van der Waals surface area contributed by atoms with Gasteiger partial charge in [-0.15, -0.1) is 0 Å². The highest BCUT2D eigenvalue weighted by Crippen LogP contribution is 2.25. The van der Waals surface area contributed by atoms with Crippen molar-refractivity contribution in [2.45, 2.75) is 19.9 Å². The molecule has 1 aromatic carbocycles. The van der Waals surface area contributed by atoms with Gasteiger partial charge in [0.05, 0.1) is 7.11 Å². The third-order valence-electron chi connectivity index (χ3n) is 3.91. The average Bonchev–Trinajstić information content (AvgIpc) is 2.41. The van der Waals surface area contributed by atoms with E-state index in [1.807, 2.05) is 0 Å². The lowest BCUT2D eigenvalue weighted by Gasteiger charge is -2.33. The van der Waals surface area contributed by atoms with Crippen molar-refractivity contribution < 1.29 is 4.74 Å². The second-order valence-electron chi connectivity index (χ2n) is 5.36. The minimum Gasteiger partial charge on any atom is -0.496 e. The van der Waals surface area contributed by atoms with Crippen LogP contribution in [0.5, 0.6) is 5.75 Å². The molecule has 1 aromatic rings. The predicted octanol–water partition coefficient (Wildman–Crippen LogP) is 1.63. The number of anilines is 1. The molecule has 1 atom stereocenters. The smallest absolute Gasteiger partial charge is 0.122 e. The van der Waals surface area contributed by atoms with E-state index in [1.165, 1.54) is 16.8 Å². The number of methoxy groups -OCH3 is 1. The minimum absolute atomic E-state index is 0.551. The first-order chi connectivity index (χ1) is 9.11. The molecule has 4 heteroatoms. The zero-order valence-corrected chi connectivity index (χ0v) is 12.4. The van der Waals surface area contributed by atoms with E-state index < -0.39 is 0 Å². The molecular weight excluding hydrogens is 238 g/mol. The van der Waals surface area contributed by atoms with Crippen LogP contribution in [0.15, 0.2) is 12.1 Å². The molecule has 1 unspecified atom stereocenters. The Bertz CT molecular complexity index is 434. The fourth-order valence-corrected chi connectivity index (χ4v) is 2.52. The summed E-state index contributed by atoms with van der Waals surface area (Å²) in [6.45, 7) is 8.43. The Labute approximate surface area is 116 Å². The molecule has 106 valence electrons. The average molecular weight is 263 g/mol. The van der Waals surface area contributed by atoms with Crippen LogP contribution in [-0.2, 0) is 0 Å². The number of rotatable bonds is 4. The van der Waals surface area contributed by atoms with Gasteiger partial charge in [0, 0.05) is 37.9 Å². The van der Waals surface area contributed by atoms with Gasteiger partial charge in [0.1, 0.15) is 5.75 Å². The van der Waals surface area contributed by atoms with Gasteiger partial charge in [0.25, 0.3) is 0 Å². The number of hydrogen-bond acceptors (Lipinski definition) is 4. The highest BCUT2D eigenvalue weighted by molar-refractivity contribution is 5.57. The highest BCUT2D eigenvalue weighted by atomic mass is 16.5. The predicted molar refractivity (Wildman–Crippen MR) is 80.2 cm³/mol. The first-order valence-corrected chi connectivity index (χ1v) is 6.92. The standard InChI is InChI=1S/C15H25N3O/c1-11-8-15(19-4)12(2)7-14(11)17-10-13-9-16-5-6-18(13)3/h7-8,13,16-17H,5-6,9-10H2,1-4H3. The number of piperazine rings is 1. The van der Waals surface area contributed by atoms with E-state index in [1.54, 1.807) is 7.11 Å². The van der Waals surface area contributed by atoms with Crippen LogP contribution >= 0.6 is 0 Å². The molecule has 0 aliphatic carbocycles. The Morgan fingerprint density at radius 1 is 1.37 bits per heavy atom. The molecule has 1 aliphatic heterocycles. The molecule has 2 rings (SSSR count). The molecule has 0 aromatic heterocycles. The van der Waals surface area contributed by atoms with Crippen LogP contribution in [0.2, 0.25) is 0 Å². The summed E-state index contributed by atoms with van der Waals surface area (Å²) in [5.74, 6) is 0.958. The molecule has 4 nitrogen and oxygen atoms in total. The van der Waals surface area contributed by atoms with Crippen molar-refractivity contribution in [1.82, 2.24) is 10.2 Å². The number of benzene rings is 1. The topological polar surface area (TPSA) is 36.5 Å². The van der Waals surface area contributed by atoms with E-state index >= 15 is 0 Å².